The van der Waals surface area contributed by atoms with Crippen LogP contribution in [0.5, 0.6) is 5.75 Å². The monoisotopic (exact) mass is 262 g/mol. The van der Waals surface area contributed by atoms with Crippen molar-refractivity contribution in [3.8, 4) is 17.1 Å². The van der Waals surface area contributed by atoms with E-state index in [1.807, 2.05) is 45.0 Å². The third-order valence-corrected chi connectivity index (χ3v) is 2.42. The van der Waals surface area contributed by atoms with E-state index < -0.39 is 0 Å². The summed E-state index contributed by atoms with van der Waals surface area (Å²) in [7, 11) is 1.62. The first-order chi connectivity index (χ1) is 8.98. The largest absolute Gasteiger partial charge is 0.497 e. The van der Waals surface area contributed by atoms with Crippen molar-refractivity contribution in [1.82, 2.24) is 10.1 Å². The van der Waals surface area contributed by atoms with Gasteiger partial charge in [0.15, 0.2) is 0 Å². The van der Waals surface area contributed by atoms with E-state index in [-0.39, 0.29) is 5.60 Å². The zero-order valence-corrected chi connectivity index (χ0v) is 11.6. The molecule has 0 fully saturated rings. The van der Waals surface area contributed by atoms with Gasteiger partial charge in [-0.05, 0) is 32.9 Å². The Balaban J connectivity index is 2.12. The number of rotatable bonds is 4. The molecular formula is C14H18N2O3. The van der Waals surface area contributed by atoms with Crippen LogP contribution in [0, 0.1) is 0 Å². The Morgan fingerprint density at radius 1 is 1.26 bits per heavy atom. The maximum Gasteiger partial charge on any atom is 0.252 e. The van der Waals surface area contributed by atoms with Crippen molar-refractivity contribution in [1.29, 1.82) is 0 Å². The molecule has 1 heterocycles. The molecule has 0 N–H and O–H groups in total. The summed E-state index contributed by atoms with van der Waals surface area (Å²) < 4.78 is 15.9. The number of ether oxygens (including phenoxy) is 2. The molecule has 1 aromatic heterocycles. The van der Waals surface area contributed by atoms with Crippen molar-refractivity contribution in [2.75, 3.05) is 7.11 Å². The first-order valence-electron chi connectivity index (χ1n) is 6.09. The molecule has 0 spiro atoms. The Morgan fingerprint density at radius 2 is 2.05 bits per heavy atom. The van der Waals surface area contributed by atoms with Gasteiger partial charge in [0.2, 0.25) is 5.82 Å². The van der Waals surface area contributed by atoms with E-state index in [1.54, 1.807) is 7.11 Å². The highest BCUT2D eigenvalue weighted by Gasteiger charge is 2.14. The number of hydrogen-bond donors (Lipinski definition) is 0. The fourth-order valence-corrected chi connectivity index (χ4v) is 1.47. The minimum atomic E-state index is -0.232. The lowest BCUT2D eigenvalue weighted by molar-refractivity contribution is -0.0260. The molecule has 5 nitrogen and oxygen atoms in total. The third-order valence-electron chi connectivity index (χ3n) is 2.42. The van der Waals surface area contributed by atoms with Crippen molar-refractivity contribution in [3.63, 3.8) is 0 Å². The van der Waals surface area contributed by atoms with Gasteiger partial charge in [0.05, 0.1) is 12.7 Å². The summed E-state index contributed by atoms with van der Waals surface area (Å²) in [6.07, 6.45) is 0. The summed E-state index contributed by atoms with van der Waals surface area (Å²) >= 11 is 0. The van der Waals surface area contributed by atoms with E-state index in [0.717, 1.165) is 11.3 Å². The molecule has 0 unspecified atom stereocenters. The van der Waals surface area contributed by atoms with Crippen LogP contribution in [0.25, 0.3) is 11.4 Å². The summed E-state index contributed by atoms with van der Waals surface area (Å²) in [6, 6.07) is 7.52. The van der Waals surface area contributed by atoms with Gasteiger partial charge < -0.3 is 14.0 Å². The van der Waals surface area contributed by atoms with Gasteiger partial charge in [-0.2, -0.15) is 4.98 Å². The van der Waals surface area contributed by atoms with E-state index in [2.05, 4.69) is 10.1 Å². The van der Waals surface area contributed by atoms with Crippen LogP contribution in [-0.2, 0) is 11.3 Å². The predicted molar refractivity (Wildman–Crippen MR) is 70.8 cm³/mol. The number of nitrogens with zero attached hydrogens (tertiary/aromatic N) is 2. The van der Waals surface area contributed by atoms with Gasteiger partial charge in [0, 0.05) is 5.56 Å². The molecular weight excluding hydrogens is 244 g/mol. The van der Waals surface area contributed by atoms with Crippen molar-refractivity contribution < 1.29 is 14.0 Å². The number of hydrogen-bond acceptors (Lipinski definition) is 5. The van der Waals surface area contributed by atoms with Crippen LogP contribution in [0.1, 0.15) is 26.7 Å². The van der Waals surface area contributed by atoms with E-state index >= 15 is 0 Å². The average Bonchev–Trinajstić information content (AvgIpc) is 2.84. The smallest absolute Gasteiger partial charge is 0.252 e. The Labute approximate surface area is 112 Å². The molecule has 1 aromatic carbocycles. The first kappa shape index (κ1) is 13.5. The lowest BCUT2D eigenvalue weighted by atomic mass is 10.2. The summed E-state index contributed by atoms with van der Waals surface area (Å²) in [5, 5.41) is 3.94. The lowest BCUT2D eigenvalue weighted by Crippen LogP contribution is -2.18. The minimum Gasteiger partial charge on any atom is -0.497 e. The minimum absolute atomic E-state index is 0.232. The Hall–Kier alpha value is -1.88. The van der Waals surface area contributed by atoms with Crippen LogP contribution in [0.3, 0.4) is 0 Å². The SMILES string of the molecule is COc1cccc(-c2noc(COC(C)(C)C)n2)c1. The molecule has 0 aliphatic rings. The van der Waals surface area contributed by atoms with Crippen molar-refractivity contribution in [2.45, 2.75) is 33.0 Å². The normalized spacial score (nSPS) is 11.6. The molecule has 19 heavy (non-hydrogen) atoms. The highest BCUT2D eigenvalue weighted by molar-refractivity contribution is 5.56. The molecule has 5 heteroatoms. The molecule has 0 atom stereocenters. The fraction of sp³-hybridized carbons (Fsp3) is 0.429. The van der Waals surface area contributed by atoms with Gasteiger partial charge in [0.1, 0.15) is 12.4 Å². The van der Waals surface area contributed by atoms with Gasteiger partial charge in [-0.15, -0.1) is 0 Å². The van der Waals surface area contributed by atoms with E-state index in [1.165, 1.54) is 0 Å². The van der Waals surface area contributed by atoms with E-state index in [0.29, 0.717) is 18.3 Å². The van der Waals surface area contributed by atoms with Gasteiger partial charge in [-0.25, -0.2) is 0 Å². The predicted octanol–water partition coefficient (Wildman–Crippen LogP) is 3.06. The Kier molecular flexibility index (Phi) is 3.85. The summed E-state index contributed by atoms with van der Waals surface area (Å²) in [4.78, 5) is 4.30. The van der Waals surface area contributed by atoms with Gasteiger partial charge >= 0.3 is 0 Å². The molecule has 0 aliphatic carbocycles. The standard InChI is InChI=1S/C14H18N2O3/c1-14(2,3)18-9-12-15-13(16-19-12)10-6-5-7-11(8-10)17-4/h5-8H,9H2,1-4H3. The van der Waals surface area contributed by atoms with E-state index in [9.17, 15) is 0 Å². The Bertz CT molecular complexity index is 544. The molecule has 0 bridgehead atoms. The fourth-order valence-electron chi connectivity index (χ4n) is 1.47. The number of benzene rings is 1. The van der Waals surface area contributed by atoms with Crippen molar-refractivity contribution >= 4 is 0 Å². The van der Waals surface area contributed by atoms with Crippen LogP contribution < -0.4 is 4.74 Å². The highest BCUT2D eigenvalue weighted by atomic mass is 16.5. The zero-order valence-electron chi connectivity index (χ0n) is 11.6. The highest BCUT2D eigenvalue weighted by Crippen LogP contribution is 2.21. The second-order valence-corrected chi connectivity index (χ2v) is 5.14. The second-order valence-electron chi connectivity index (χ2n) is 5.14. The summed E-state index contributed by atoms with van der Waals surface area (Å²) in [5.74, 6) is 1.76. The molecule has 102 valence electrons. The molecule has 0 saturated heterocycles. The van der Waals surface area contributed by atoms with Crippen LogP contribution in [0.2, 0.25) is 0 Å². The average molecular weight is 262 g/mol. The summed E-state index contributed by atoms with van der Waals surface area (Å²) in [6.45, 7) is 6.24. The van der Waals surface area contributed by atoms with Crippen molar-refractivity contribution in [2.24, 2.45) is 0 Å². The molecule has 2 aromatic rings. The van der Waals surface area contributed by atoms with Gasteiger partial charge in [0.25, 0.3) is 5.89 Å². The third kappa shape index (κ3) is 3.79. The van der Waals surface area contributed by atoms with Crippen LogP contribution in [0.4, 0.5) is 0 Å². The van der Waals surface area contributed by atoms with Crippen LogP contribution in [-0.4, -0.2) is 22.9 Å². The topological polar surface area (TPSA) is 57.4 Å². The first-order valence-corrected chi connectivity index (χ1v) is 6.09. The number of methoxy groups -OCH3 is 1. The van der Waals surface area contributed by atoms with Gasteiger partial charge in [-0.3, -0.25) is 0 Å². The molecule has 0 saturated carbocycles. The van der Waals surface area contributed by atoms with Gasteiger partial charge in [-0.1, -0.05) is 17.3 Å². The van der Waals surface area contributed by atoms with Crippen LogP contribution in [0.15, 0.2) is 28.8 Å². The quantitative estimate of drug-likeness (QED) is 0.847. The van der Waals surface area contributed by atoms with Crippen LogP contribution >= 0.6 is 0 Å². The second kappa shape index (κ2) is 5.40. The zero-order chi connectivity index (χ0) is 13.9. The summed E-state index contributed by atoms with van der Waals surface area (Å²) in [5.41, 5.74) is 0.620. The lowest BCUT2D eigenvalue weighted by Gasteiger charge is -2.17. The molecule has 0 radical (unpaired) electrons. The Morgan fingerprint density at radius 3 is 2.74 bits per heavy atom. The molecule has 0 amide bonds. The maximum atomic E-state index is 5.59. The molecule has 2 rings (SSSR count). The number of aromatic nitrogens is 2. The van der Waals surface area contributed by atoms with Crippen molar-refractivity contribution in [3.05, 3.63) is 30.2 Å². The van der Waals surface area contributed by atoms with E-state index in [4.69, 9.17) is 14.0 Å². The maximum absolute atomic E-state index is 5.59. The molecule has 0 aliphatic heterocycles.